The zero-order chi connectivity index (χ0) is 16.1. The van der Waals surface area contributed by atoms with Crippen molar-refractivity contribution in [2.75, 3.05) is 24.5 Å². The molecule has 2 heterocycles. The molecule has 1 fully saturated rings. The maximum absolute atomic E-state index is 12.2. The van der Waals surface area contributed by atoms with Crippen LogP contribution in [0.3, 0.4) is 0 Å². The van der Waals surface area contributed by atoms with Crippen LogP contribution >= 0.6 is 0 Å². The van der Waals surface area contributed by atoms with Crippen molar-refractivity contribution in [1.82, 2.24) is 10.3 Å². The van der Waals surface area contributed by atoms with Crippen LogP contribution in [0.4, 0.5) is 5.69 Å². The van der Waals surface area contributed by atoms with Gasteiger partial charge in [0.1, 0.15) is 0 Å². The summed E-state index contributed by atoms with van der Waals surface area (Å²) in [5.74, 6) is 0.590. The highest BCUT2D eigenvalue weighted by Gasteiger charge is 2.20. The summed E-state index contributed by atoms with van der Waals surface area (Å²) in [4.78, 5) is 18.7. The molecule has 0 aliphatic carbocycles. The molecule has 0 spiro atoms. The Kier molecular flexibility index (Phi) is 4.91. The van der Waals surface area contributed by atoms with Gasteiger partial charge in [-0.15, -0.1) is 0 Å². The van der Waals surface area contributed by atoms with Crippen molar-refractivity contribution in [3.8, 4) is 0 Å². The van der Waals surface area contributed by atoms with E-state index in [0.29, 0.717) is 5.92 Å². The van der Waals surface area contributed by atoms with E-state index in [9.17, 15) is 4.79 Å². The third-order valence-corrected chi connectivity index (χ3v) is 4.47. The van der Waals surface area contributed by atoms with E-state index in [0.717, 1.165) is 43.6 Å². The van der Waals surface area contributed by atoms with Crippen LogP contribution in [0, 0.1) is 12.8 Å². The Balaban J connectivity index is 1.47. The van der Waals surface area contributed by atoms with Crippen LogP contribution in [0.2, 0.25) is 0 Å². The van der Waals surface area contributed by atoms with Crippen LogP contribution in [0.5, 0.6) is 0 Å². The molecule has 1 aliphatic heterocycles. The predicted molar refractivity (Wildman–Crippen MR) is 92.7 cm³/mol. The van der Waals surface area contributed by atoms with E-state index in [4.69, 9.17) is 0 Å². The number of aryl methyl sites for hydroxylation is 1. The average molecular weight is 309 g/mol. The molecule has 0 unspecified atom stereocenters. The fraction of sp³-hybridized carbons (Fsp3) is 0.368. The number of anilines is 1. The number of amides is 1. The number of nitrogens with one attached hydrogen (secondary N) is 1. The minimum atomic E-state index is 0.0327. The van der Waals surface area contributed by atoms with E-state index in [2.05, 4.69) is 27.3 Å². The molecule has 3 rings (SSSR count). The van der Waals surface area contributed by atoms with Crippen molar-refractivity contribution >= 4 is 11.6 Å². The standard InChI is InChI=1S/C19H23N3O/c1-15-3-2-4-17(13-15)19(23)21-14-16-7-11-22(12-8-16)18-5-9-20-10-6-18/h2-6,9-10,13,16H,7-8,11-12,14H2,1H3,(H,21,23). The SMILES string of the molecule is Cc1cccc(C(=O)NCC2CCN(c3ccncc3)CC2)c1. The number of pyridine rings is 1. The van der Waals surface area contributed by atoms with Gasteiger partial charge in [0.05, 0.1) is 0 Å². The monoisotopic (exact) mass is 309 g/mol. The van der Waals surface area contributed by atoms with E-state index < -0.39 is 0 Å². The van der Waals surface area contributed by atoms with Gasteiger partial charge in [0.15, 0.2) is 0 Å². The number of rotatable bonds is 4. The highest BCUT2D eigenvalue weighted by Crippen LogP contribution is 2.22. The molecule has 1 aliphatic rings. The molecule has 1 saturated heterocycles. The first-order chi connectivity index (χ1) is 11.2. The second-order valence-corrected chi connectivity index (χ2v) is 6.22. The quantitative estimate of drug-likeness (QED) is 0.944. The number of hydrogen-bond acceptors (Lipinski definition) is 3. The molecular formula is C19H23N3O. The first kappa shape index (κ1) is 15.5. The van der Waals surface area contributed by atoms with E-state index in [1.807, 2.05) is 43.6 Å². The summed E-state index contributed by atoms with van der Waals surface area (Å²) in [5, 5.41) is 3.08. The molecule has 1 aromatic heterocycles. The van der Waals surface area contributed by atoms with Gasteiger partial charge in [0, 0.05) is 43.3 Å². The number of nitrogens with zero attached hydrogens (tertiary/aromatic N) is 2. The Morgan fingerprint density at radius 2 is 1.96 bits per heavy atom. The van der Waals surface area contributed by atoms with Gasteiger partial charge in [-0.1, -0.05) is 17.7 Å². The van der Waals surface area contributed by atoms with Gasteiger partial charge in [-0.25, -0.2) is 0 Å². The van der Waals surface area contributed by atoms with Crippen molar-refractivity contribution < 1.29 is 4.79 Å². The summed E-state index contributed by atoms with van der Waals surface area (Å²) < 4.78 is 0. The number of hydrogen-bond donors (Lipinski definition) is 1. The lowest BCUT2D eigenvalue weighted by molar-refractivity contribution is 0.0945. The van der Waals surface area contributed by atoms with Gasteiger partial charge < -0.3 is 10.2 Å². The van der Waals surface area contributed by atoms with Gasteiger partial charge in [-0.3, -0.25) is 9.78 Å². The highest BCUT2D eigenvalue weighted by molar-refractivity contribution is 5.94. The average Bonchev–Trinajstić information content (AvgIpc) is 2.61. The Hall–Kier alpha value is -2.36. The molecule has 0 atom stereocenters. The van der Waals surface area contributed by atoms with Gasteiger partial charge >= 0.3 is 0 Å². The number of benzene rings is 1. The first-order valence-corrected chi connectivity index (χ1v) is 8.22. The molecule has 120 valence electrons. The van der Waals surface area contributed by atoms with Crippen LogP contribution in [0.1, 0.15) is 28.8 Å². The molecule has 4 heteroatoms. The van der Waals surface area contributed by atoms with Gasteiger partial charge in [0.2, 0.25) is 0 Å². The number of carbonyl (C=O) groups is 1. The summed E-state index contributed by atoms with van der Waals surface area (Å²) in [6, 6.07) is 11.8. The van der Waals surface area contributed by atoms with Crippen molar-refractivity contribution in [2.24, 2.45) is 5.92 Å². The summed E-state index contributed by atoms with van der Waals surface area (Å²) in [5.41, 5.74) is 3.10. The molecule has 0 saturated carbocycles. The number of carbonyl (C=O) groups excluding carboxylic acids is 1. The third kappa shape index (κ3) is 4.09. The van der Waals surface area contributed by atoms with Crippen LogP contribution in [0.25, 0.3) is 0 Å². The predicted octanol–water partition coefficient (Wildman–Crippen LogP) is 3.04. The zero-order valence-electron chi connectivity index (χ0n) is 13.5. The second-order valence-electron chi connectivity index (χ2n) is 6.22. The molecule has 23 heavy (non-hydrogen) atoms. The van der Waals surface area contributed by atoms with Gasteiger partial charge in [-0.05, 0) is 49.9 Å². The summed E-state index contributed by atoms with van der Waals surface area (Å²) >= 11 is 0. The van der Waals surface area contributed by atoms with Crippen molar-refractivity contribution in [3.05, 3.63) is 59.9 Å². The van der Waals surface area contributed by atoms with Crippen LogP contribution in [-0.4, -0.2) is 30.5 Å². The largest absolute Gasteiger partial charge is 0.371 e. The molecule has 4 nitrogen and oxygen atoms in total. The summed E-state index contributed by atoms with van der Waals surface area (Å²) in [6.07, 6.45) is 5.89. The molecule has 1 amide bonds. The normalized spacial score (nSPS) is 15.4. The van der Waals surface area contributed by atoms with Crippen LogP contribution in [0.15, 0.2) is 48.8 Å². The Morgan fingerprint density at radius 1 is 1.22 bits per heavy atom. The lowest BCUT2D eigenvalue weighted by Gasteiger charge is -2.33. The zero-order valence-corrected chi connectivity index (χ0v) is 13.5. The Labute approximate surface area is 137 Å². The van der Waals surface area contributed by atoms with E-state index >= 15 is 0 Å². The summed E-state index contributed by atoms with van der Waals surface area (Å²) in [7, 11) is 0. The van der Waals surface area contributed by atoms with Crippen molar-refractivity contribution in [3.63, 3.8) is 0 Å². The molecule has 1 N–H and O–H groups in total. The molecule has 0 bridgehead atoms. The van der Waals surface area contributed by atoms with Gasteiger partial charge in [-0.2, -0.15) is 0 Å². The van der Waals surface area contributed by atoms with Crippen LogP contribution in [-0.2, 0) is 0 Å². The van der Waals surface area contributed by atoms with Crippen molar-refractivity contribution in [1.29, 1.82) is 0 Å². The van der Waals surface area contributed by atoms with Crippen molar-refractivity contribution in [2.45, 2.75) is 19.8 Å². The fourth-order valence-electron chi connectivity index (χ4n) is 3.08. The minimum Gasteiger partial charge on any atom is -0.371 e. The highest BCUT2D eigenvalue weighted by atomic mass is 16.1. The molecule has 1 aromatic carbocycles. The smallest absolute Gasteiger partial charge is 0.251 e. The topological polar surface area (TPSA) is 45.2 Å². The molecular weight excluding hydrogens is 286 g/mol. The lowest BCUT2D eigenvalue weighted by atomic mass is 9.96. The lowest BCUT2D eigenvalue weighted by Crippen LogP contribution is -2.38. The van der Waals surface area contributed by atoms with Crippen LogP contribution < -0.4 is 10.2 Å². The fourth-order valence-corrected chi connectivity index (χ4v) is 3.08. The van der Waals surface area contributed by atoms with E-state index in [-0.39, 0.29) is 5.91 Å². The molecule has 0 radical (unpaired) electrons. The maximum atomic E-state index is 12.2. The first-order valence-electron chi connectivity index (χ1n) is 8.22. The Bertz CT molecular complexity index is 649. The van der Waals surface area contributed by atoms with Gasteiger partial charge in [0.25, 0.3) is 5.91 Å². The minimum absolute atomic E-state index is 0.0327. The van der Waals surface area contributed by atoms with E-state index in [1.165, 1.54) is 5.69 Å². The van der Waals surface area contributed by atoms with E-state index in [1.54, 1.807) is 0 Å². The third-order valence-electron chi connectivity index (χ3n) is 4.47. The molecule has 2 aromatic rings. The maximum Gasteiger partial charge on any atom is 0.251 e. The number of aromatic nitrogens is 1. The summed E-state index contributed by atoms with van der Waals surface area (Å²) in [6.45, 7) is 4.84. The second kappa shape index (κ2) is 7.27. The Morgan fingerprint density at radius 3 is 2.65 bits per heavy atom. The number of piperidine rings is 1.